The molecule has 0 aliphatic heterocycles. The van der Waals surface area contributed by atoms with Crippen molar-refractivity contribution in [3.05, 3.63) is 82.1 Å². The van der Waals surface area contributed by atoms with Crippen LogP contribution in [-0.2, 0) is 6.42 Å². The molecule has 1 heterocycles. The summed E-state index contributed by atoms with van der Waals surface area (Å²) < 4.78 is 17.5. The van der Waals surface area contributed by atoms with E-state index in [-0.39, 0.29) is 5.82 Å². The summed E-state index contributed by atoms with van der Waals surface area (Å²) in [5.41, 5.74) is 4.84. The van der Waals surface area contributed by atoms with Gasteiger partial charge in [0.05, 0.1) is 32.2 Å². The molecule has 0 fully saturated rings. The third-order valence-electron chi connectivity index (χ3n) is 5.54. The van der Waals surface area contributed by atoms with Crippen molar-refractivity contribution in [2.75, 3.05) is 26.8 Å². The lowest BCUT2D eigenvalue weighted by Gasteiger charge is -2.17. The zero-order valence-electron chi connectivity index (χ0n) is 19.4. The standard InChI is InChI=1S/C26H25N3O5/c1-5-16-10-12-17(13-11-16)25(30)28-29-24(27-20-9-7-6-8-19(20)26(29)31)18-14-21(32-2)23(34-4)22(15-18)33-3/h6-15H,5H2,1-4H3,(H,28,30). The zero-order chi connectivity index (χ0) is 24.2. The number of carbonyl (C=O) groups excluding carboxylic acids is 1. The number of hydrogen-bond acceptors (Lipinski definition) is 6. The zero-order valence-corrected chi connectivity index (χ0v) is 19.4. The van der Waals surface area contributed by atoms with Crippen LogP contribution in [0.3, 0.4) is 0 Å². The Morgan fingerprint density at radius 3 is 2.18 bits per heavy atom. The van der Waals surface area contributed by atoms with Gasteiger partial charge in [-0.25, -0.2) is 4.98 Å². The summed E-state index contributed by atoms with van der Waals surface area (Å²) in [6.07, 6.45) is 0.862. The quantitative estimate of drug-likeness (QED) is 0.449. The van der Waals surface area contributed by atoms with Crippen LogP contribution >= 0.6 is 0 Å². The van der Waals surface area contributed by atoms with Gasteiger partial charge in [-0.1, -0.05) is 31.2 Å². The van der Waals surface area contributed by atoms with E-state index in [9.17, 15) is 9.59 Å². The summed E-state index contributed by atoms with van der Waals surface area (Å²) >= 11 is 0. The van der Waals surface area contributed by atoms with Gasteiger partial charge in [0.1, 0.15) is 0 Å². The van der Waals surface area contributed by atoms with E-state index < -0.39 is 11.5 Å². The van der Waals surface area contributed by atoms with Crippen molar-refractivity contribution >= 4 is 16.8 Å². The van der Waals surface area contributed by atoms with Gasteiger partial charge in [0.25, 0.3) is 11.5 Å². The van der Waals surface area contributed by atoms with Crippen LogP contribution in [0.15, 0.2) is 65.5 Å². The van der Waals surface area contributed by atoms with Crippen molar-refractivity contribution in [1.29, 1.82) is 0 Å². The van der Waals surface area contributed by atoms with Gasteiger partial charge in [0, 0.05) is 11.1 Å². The largest absolute Gasteiger partial charge is 0.493 e. The van der Waals surface area contributed by atoms with Gasteiger partial charge in [-0.05, 0) is 48.4 Å². The highest BCUT2D eigenvalue weighted by molar-refractivity contribution is 6.00. The Bertz CT molecular complexity index is 1390. The van der Waals surface area contributed by atoms with Gasteiger partial charge in [-0.2, -0.15) is 4.68 Å². The minimum atomic E-state index is -0.435. The molecule has 3 aromatic carbocycles. The van der Waals surface area contributed by atoms with Crippen molar-refractivity contribution in [3.63, 3.8) is 0 Å². The molecule has 0 saturated carbocycles. The number of nitrogens with zero attached hydrogens (tertiary/aromatic N) is 2. The number of carbonyl (C=O) groups is 1. The summed E-state index contributed by atoms with van der Waals surface area (Å²) in [4.78, 5) is 31.2. The van der Waals surface area contributed by atoms with Crippen LogP contribution in [0.5, 0.6) is 17.2 Å². The lowest BCUT2D eigenvalue weighted by molar-refractivity contribution is 0.101. The molecular weight excluding hydrogens is 434 g/mol. The number of rotatable bonds is 7. The molecule has 0 aliphatic carbocycles. The van der Waals surface area contributed by atoms with Crippen LogP contribution in [0.25, 0.3) is 22.3 Å². The van der Waals surface area contributed by atoms with E-state index in [1.807, 2.05) is 19.1 Å². The molecular formula is C26H25N3O5. The van der Waals surface area contributed by atoms with Gasteiger partial charge < -0.3 is 14.2 Å². The first-order valence-electron chi connectivity index (χ1n) is 10.7. The molecule has 8 heteroatoms. The number of aromatic nitrogens is 2. The number of nitrogens with one attached hydrogen (secondary N) is 1. The lowest BCUT2D eigenvalue weighted by atomic mass is 10.1. The Morgan fingerprint density at radius 2 is 1.59 bits per heavy atom. The first-order chi connectivity index (χ1) is 16.5. The second kappa shape index (κ2) is 9.66. The van der Waals surface area contributed by atoms with E-state index in [4.69, 9.17) is 14.2 Å². The number of para-hydroxylation sites is 1. The fourth-order valence-corrected chi connectivity index (χ4v) is 3.70. The van der Waals surface area contributed by atoms with Crippen LogP contribution in [-0.4, -0.2) is 36.9 Å². The van der Waals surface area contributed by atoms with Gasteiger partial charge in [0.2, 0.25) is 5.75 Å². The molecule has 174 valence electrons. The second-order valence-corrected chi connectivity index (χ2v) is 7.50. The molecule has 1 aromatic heterocycles. The molecule has 0 radical (unpaired) electrons. The number of aryl methyl sites for hydroxylation is 1. The number of benzene rings is 3. The number of amides is 1. The number of methoxy groups -OCH3 is 3. The summed E-state index contributed by atoms with van der Waals surface area (Å²) in [7, 11) is 4.52. The average Bonchev–Trinajstić information content (AvgIpc) is 2.89. The van der Waals surface area contributed by atoms with E-state index in [0.29, 0.717) is 39.3 Å². The Kier molecular flexibility index (Phi) is 6.49. The van der Waals surface area contributed by atoms with Crippen LogP contribution in [0, 0.1) is 0 Å². The minimum absolute atomic E-state index is 0.224. The summed E-state index contributed by atoms with van der Waals surface area (Å²) in [6, 6.07) is 17.5. The number of hydrogen-bond donors (Lipinski definition) is 1. The number of ether oxygens (including phenoxy) is 3. The third kappa shape index (κ3) is 4.17. The molecule has 0 spiro atoms. The van der Waals surface area contributed by atoms with E-state index >= 15 is 0 Å². The Labute approximate surface area is 196 Å². The molecule has 0 bridgehead atoms. The van der Waals surface area contributed by atoms with Crippen LogP contribution in [0.2, 0.25) is 0 Å². The Hall–Kier alpha value is -4.33. The number of fused-ring (bicyclic) bond motifs is 1. The fraction of sp³-hybridized carbons (Fsp3) is 0.192. The molecule has 4 aromatic rings. The minimum Gasteiger partial charge on any atom is -0.493 e. The molecule has 0 atom stereocenters. The van der Waals surface area contributed by atoms with Crippen molar-refractivity contribution in [3.8, 4) is 28.6 Å². The molecule has 4 rings (SSSR count). The first kappa shape index (κ1) is 22.8. The molecule has 1 amide bonds. The van der Waals surface area contributed by atoms with Crippen LogP contribution in [0.1, 0.15) is 22.8 Å². The molecule has 1 N–H and O–H groups in total. The topological polar surface area (TPSA) is 91.7 Å². The predicted molar refractivity (Wildman–Crippen MR) is 131 cm³/mol. The first-order valence-corrected chi connectivity index (χ1v) is 10.7. The lowest BCUT2D eigenvalue weighted by Crippen LogP contribution is -2.35. The second-order valence-electron chi connectivity index (χ2n) is 7.50. The SMILES string of the molecule is CCc1ccc(C(=O)Nn2c(-c3cc(OC)c(OC)c(OC)c3)nc3ccccc3c2=O)cc1. The van der Waals surface area contributed by atoms with Gasteiger partial charge in [-0.15, -0.1) is 0 Å². The normalized spacial score (nSPS) is 10.7. The summed E-state index contributed by atoms with van der Waals surface area (Å²) in [5, 5.41) is 0.375. The average molecular weight is 460 g/mol. The molecule has 34 heavy (non-hydrogen) atoms. The molecule has 0 unspecified atom stereocenters. The van der Waals surface area contributed by atoms with Crippen molar-refractivity contribution in [2.45, 2.75) is 13.3 Å². The molecule has 0 saturated heterocycles. The highest BCUT2D eigenvalue weighted by atomic mass is 16.5. The fourth-order valence-electron chi connectivity index (χ4n) is 3.70. The van der Waals surface area contributed by atoms with Crippen molar-refractivity contribution < 1.29 is 19.0 Å². The summed E-state index contributed by atoms with van der Waals surface area (Å²) in [5.74, 6) is 0.986. The van der Waals surface area contributed by atoms with E-state index in [1.54, 1.807) is 48.5 Å². The van der Waals surface area contributed by atoms with Gasteiger partial charge in [0.15, 0.2) is 17.3 Å². The molecule has 8 nitrogen and oxygen atoms in total. The third-order valence-corrected chi connectivity index (χ3v) is 5.54. The maximum atomic E-state index is 13.4. The Balaban J connectivity index is 1.90. The van der Waals surface area contributed by atoms with E-state index in [2.05, 4.69) is 10.4 Å². The highest BCUT2D eigenvalue weighted by Gasteiger charge is 2.20. The van der Waals surface area contributed by atoms with Crippen LogP contribution < -0.4 is 25.2 Å². The maximum absolute atomic E-state index is 13.4. The van der Waals surface area contributed by atoms with Crippen molar-refractivity contribution in [1.82, 2.24) is 9.66 Å². The smallest absolute Gasteiger partial charge is 0.280 e. The van der Waals surface area contributed by atoms with Crippen LogP contribution in [0.4, 0.5) is 0 Å². The van der Waals surface area contributed by atoms with E-state index in [1.165, 1.54) is 21.3 Å². The highest BCUT2D eigenvalue weighted by Crippen LogP contribution is 2.40. The predicted octanol–water partition coefficient (Wildman–Crippen LogP) is 4.04. The van der Waals surface area contributed by atoms with Crippen molar-refractivity contribution in [2.24, 2.45) is 0 Å². The van der Waals surface area contributed by atoms with E-state index in [0.717, 1.165) is 16.7 Å². The maximum Gasteiger partial charge on any atom is 0.280 e. The monoisotopic (exact) mass is 459 g/mol. The Morgan fingerprint density at radius 1 is 0.941 bits per heavy atom. The summed E-state index contributed by atoms with van der Waals surface area (Å²) in [6.45, 7) is 2.04. The van der Waals surface area contributed by atoms with Gasteiger partial charge in [-0.3, -0.25) is 15.0 Å². The van der Waals surface area contributed by atoms with Gasteiger partial charge >= 0.3 is 0 Å². The molecule has 0 aliphatic rings.